The topological polar surface area (TPSA) is 12.0 Å². The van der Waals surface area contributed by atoms with Crippen LogP contribution in [0, 0.1) is 11.8 Å². The highest BCUT2D eigenvalue weighted by molar-refractivity contribution is 4.89. The summed E-state index contributed by atoms with van der Waals surface area (Å²) < 4.78 is 0. The first kappa shape index (κ1) is 9.51. The second-order valence-electron chi connectivity index (χ2n) is 4.84. The van der Waals surface area contributed by atoms with Gasteiger partial charge in [0.25, 0.3) is 0 Å². The molecule has 2 fully saturated rings. The Hall–Kier alpha value is -0.0400. The lowest BCUT2D eigenvalue weighted by molar-refractivity contribution is 0.242. The molecule has 1 saturated carbocycles. The molecule has 0 bridgehead atoms. The van der Waals surface area contributed by atoms with Gasteiger partial charge in [0.15, 0.2) is 0 Å². The van der Waals surface area contributed by atoms with Crippen LogP contribution in [0.4, 0.5) is 0 Å². The third-order valence-corrected chi connectivity index (χ3v) is 4.09. The van der Waals surface area contributed by atoms with E-state index in [0.717, 1.165) is 17.9 Å². The number of hydrogen-bond acceptors (Lipinski definition) is 1. The molecule has 2 unspecified atom stereocenters. The van der Waals surface area contributed by atoms with Gasteiger partial charge in [0.1, 0.15) is 0 Å². The highest BCUT2D eigenvalue weighted by atomic mass is 15.0. The maximum atomic E-state index is 3.73. The van der Waals surface area contributed by atoms with Crippen LogP contribution in [-0.2, 0) is 0 Å². The van der Waals surface area contributed by atoms with Crippen molar-refractivity contribution in [3.8, 4) is 0 Å². The van der Waals surface area contributed by atoms with Gasteiger partial charge in [-0.2, -0.15) is 0 Å². The molecule has 1 aliphatic heterocycles. The van der Waals surface area contributed by atoms with E-state index in [1.807, 2.05) is 0 Å². The molecule has 0 aromatic heterocycles. The maximum absolute atomic E-state index is 3.73. The Kier molecular flexibility index (Phi) is 3.26. The van der Waals surface area contributed by atoms with Gasteiger partial charge in [-0.3, -0.25) is 0 Å². The zero-order valence-corrected chi connectivity index (χ0v) is 8.89. The van der Waals surface area contributed by atoms with Crippen molar-refractivity contribution >= 4 is 0 Å². The molecule has 0 radical (unpaired) electrons. The fraction of sp³-hybridized carbons (Fsp3) is 1.00. The second kappa shape index (κ2) is 4.45. The number of rotatable bonds is 2. The summed E-state index contributed by atoms with van der Waals surface area (Å²) in [5.74, 6) is 2.00. The van der Waals surface area contributed by atoms with Gasteiger partial charge < -0.3 is 5.32 Å². The third kappa shape index (κ3) is 2.07. The highest BCUT2D eigenvalue weighted by Gasteiger charge is 2.32. The fourth-order valence-corrected chi connectivity index (χ4v) is 3.28. The molecule has 1 N–H and O–H groups in total. The molecule has 0 amide bonds. The quantitative estimate of drug-likeness (QED) is 0.690. The molecule has 1 saturated heterocycles. The summed E-state index contributed by atoms with van der Waals surface area (Å²) in [5, 5.41) is 3.73. The molecule has 2 aliphatic rings. The van der Waals surface area contributed by atoms with Crippen molar-refractivity contribution in [3.63, 3.8) is 0 Å². The minimum Gasteiger partial charge on any atom is -0.313 e. The van der Waals surface area contributed by atoms with Crippen molar-refractivity contribution in [3.05, 3.63) is 0 Å². The molecule has 1 heteroatoms. The van der Waals surface area contributed by atoms with E-state index in [-0.39, 0.29) is 0 Å². The maximum Gasteiger partial charge on any atom is 0.0124 e. The van der Waals surface area contributed by atoms with Crippen LogP contribution in [0.15, 0.2) is 0 Å². The predicted molar refractivity (Wildman–Crippen MR) is 56.8 cm³/mol. The standard InChI is InChI=1S/C12H23N/c1-2-10-8-9-13-12(10)11-6-4-3-5-7-11/h10-13H,2-9H2,1H3. The van der Waals surface area contributed by atoms with Gasteiger partial charge in [-0.1, -0.05) is 32.6 Å². The van der Waals surface area contributed by atoms with Crippen molar-refractivity contribution in [1.82, 2.24) is 5.32 Å². The van der Waals surface area contributed by atoms with Crippen LogP contribution in [0.25, 0.3) is 0 Å². The van der Waals surface area contributed by atoms with Crippen LogP contribution in [0.3, 0.4) is 0 Å². The lowest BCUT2D eigenvalue weighted by Crippen LogP contribution is -2.36. The van der Waals surface area contributed by atoms with E-state index in [1.54, 1.807) is 0 Å². The first-order valence-corrected chi connectivity index (χ1v) is 6.15. The Labute approximate surface area is 82.3 Å². The zero-order valence-electron chi connectivity index (χ0n) is 8.89. The van der Waals surface area contributed by atoms with Crippen LogP contribution in [0.2, 0.25) is 0 Å². The molecule has 1 aliphatic carbocycles. The lowest BCUT2D eigenvalue weighted by atomic mass is 9.79. The van der Waals surface area contributed by atoms with E-state index >= 15 is 0 Å². The highest BCUT2D eigenvalue weighted by Crippen LogP contribution is 2.33. The van der Waals surface area contributed by atoms with Gasteiger partial charge in [0.05, 0.1) is 0 Å². The van der Waals surface area contributed by atoms with Gasteiger partial charge in [-0.15, -0.1) is 0 Å². The summed E-state index contributed by atoms with van der Waals surface area (Å²) >= 11 is 0. The van der Waals surface area contributed by atoms with Crippen molar-refractivity contribution in [1.29, 1.82) is 0 Å². The van der Waals surface area contributed by atoms with E-state index in [1.165, 1.54) is 51.5 Å². The monoisotopic (exact) mass is 181 g/mol. The van der Waals surface area contributed by atoms with Crippen LogP contribution in [-0.4, -0.2) is 12.6 Å². The summed E-state index contributed by atoms with van der Waals surface area (Å²) in [6.45, 7) is 3.63. The summed E-state index contributed by atoms with van der Waals surface area (Å²) in [7, 11) is 0. The Morgan fingerprint density at radius 3 is 2.54 bits per heavy atom. The Balaban J connectivity index is 1.90. The first-order chi connectivity index (χ1) is 6.42. The normalized spacial score (nSPS) is 36.7. The van der Waals surface area contributed by atoms with Crippen molar-refractivity contribution < 1.29 is 0 Å². The molecular formula is C12H23N. The van der Waals surface area contributed by atoms with Crippen LogP contribution < -0.4 is 5.32 Å². The Morgan fingerprint density at radius 2 is 1.85 bits per heavy atom. The third-order valence-electron chi connectivity index (χ3n) is 4.09. The smallest absolute Gasteiger partial charge is 0.0124 e. The molecular weight excluding hydrogens is 158 g/mol. The minimum atomic E-state index is 0.880. The van der Waals surface area contributed by atoms with Crippen LogP contribution >= 0.6 is 0 Å². The molecule has 0 aromatic carbocycles. The minimum absolute atomic E-state index is 0.880. The Bertz CT molecular complexity index is 149. The molecule has 76 valence electrons. The summed E-state index contributed by atoms with van der Waals surface area (Å²) in [5.41, 5.74) is 0. The van der Waals surface area contributed by atoms with Gasteiger partial charge in [-0.05, 0) is 37.6 Å². The molecule has 0 aromatic rings. The predicted octanol–water partition coefficient (Wildman–Crippen LogP) is 2.95. The summed E-state index contributed by atoms with van der Waals surface area (Å²) in [6.07, 6.45) is 10.3. The van der Waals surface area contributed by atoms with Crippen LogP contribution in [0.5, 0.6) is 0 Å². The molecule has 2 atom stereocenters. The zero-order chi connectivity index (χ0) is 9.10. The first-order valence-electron chi connectivity index (χ1n) is 6.15. The van der Waals surface area contributed by atoms with E-state index in [4.69, 9.17) is 0 Å². The molecule has 0 spiro atoms. The average molecular weight is 181 g/mol. The van der Waals surface area contributed by atoms with E-state index < -0.39 is 0 Å². The van der Waals surface area contributed by atoms with Crippen molar-refractivity contribution in [2.75, 3.05) is 6.54 Å². The van der Waals surface area contributed by atoms with Crippen LogP contribution in [0.1, 0.15) is 51.9 Å². The van der Waals surface area contributed by atoms with E-state index in [0.29, 0.717) is 0 Å². The van der Waals surface area contributed by atoms with Gasteiger partial charge in [0.2, 0.25) is 0 Å². The summed E-state index contributed by atoms with van der Waals surface area (Å²) in [6, 6.07) is 0.880. The van der Waals surface area contributed by atoms with Gasteiger partial charge >= 0.3 is 0 Å². The fourth-order valence-electron chi connectivity index (χ4n) is 3.28. The molecule has 13 heavy (non-hydrogen) atoms. The summed E-state index contributed by atoms with van der Waals surface area (Å²) in [4.78, 5) is 0. The molecule has 1 nitrogen and oxygen atoms in total. The SMILES string of the molecule is CCC1CCNC1C1CCCCC1. The van der Waals surface area contributed by atoms with Gasteiger partial charge in [-0.25, -0.2) is 0 Å². The largest absolute Gasteiger partial charge is 0.313 e. The molecule has 2 rings (SSSR count). The second-order valence-corrected chi connectivity index (χ2v) is 4.84. The Morgan fingerprint density at radius 1 is 1.08 bits per heavy atom. The van der Waals surface area contributed by atoms with Gasteiger partial charge in [0, 0.05) is 6.04 Å². The van der Waals surface area contributed by atoms with E-state index in [9.17, 15) is 0 Å². The van der Waals surface area contributed by atoms with Crippen molar-refractivity contribution in [2.45, 2.75) is 57.9 Å². The number of nitrogens with one attached hydrogen (secondary N) is 1. The molecule has 1 heterocycles. The number of hydrogen-bond donors (Lipinski definition) is 1. The van der Waals surface area contributed by atoms with E-state index in [2.05, 4.69) is 12.2 Å². The van der Waals surface area contributed by atoms with Crippen molar-refractivity contribution in [2.24, 2.45) is 11.8 Å². The average Bonchev–Trinajstić information content (AvgIpc) is 2.67. The lowest BCUT2D eigenvalue weighted by Gasteiger charge is -2.31.